The van der Waals surface area contributed by atoms with E-state index < -0.39 is 11.9 Å². The lowest BCUT2D eigenvalue weighted by Crippen LogP contribution is -2.09. The fraction of sp³-hybridized carbons (Fsp3) is 0. The Morgan fingerprint density at radius 3 is 2.89 bits per heavy atom. The van der Waals surface area contributed by atoms with E-state index in [1.807, 2.05) is 12.1 Å². The first-order valence-electron chi connectivity index (χ1n) is 4.92. The molecule has 1 aromatic heterocycles. The molecule has 0 aliphatic rings. The van der Waals surface area contributed by atoms with Gasteiger partial charge in [0, 0.05) is 22.0 Å². The van der Waals surface area contributed by atoms with Crippen LogP contribution in [-0.2, 0) is 9.59 Å². The lowest BCUT2D eigenvalue weighted by atomic mass is 10.2. The number of carboxylic acid groups (broad SMARTS) is 1. The molecule has 0 fully saturated rings. The summed E-state index contributed by atoms with van der Waals surface area (Å²) in [5, 5.41) is 18.3. The van der Waals surface area contributed by atoms with Crippen LogP contribution in [0.4, 0.5) is 5.82 Å². The number of rotatable bonds is 3. The van der Waals surface area contributed by atoms with Crippen molar-refractivity contribution in [2.45, 2.75) is 0 Å². The van der Waals surface area contributed by atoms with E-state index in [1.165, 1.54) is 0 Å². The average molecular weight is 310 g/mol. The molecule has 0 radical (unpaired) electrons. The molecule has 3 N–H and O–H groups in total. The summed E-state index contributed by atoms with van der Waals surface area (Å²) in [6.45, 7) is 0. The van der Waals surface area contributed by atoms with E-state index in [9.17, 15) is 9.59 Å². The Balaban J connectivity index is 2.24. The molecule has 6 nitrogen and oxygen atoms in total. The summed E-state index contributed by atoms with van der Waals surface area (Å²) in [7, 11) is 0. The number of H-pyrrole nitrogens is 1. The van der Waals surface area contributed by atoms with Gasteiger partial charge in [0.05, 0.1) is 5.52 Å². The van der Waals surface area contributed by atoms with Crippen LogP contribution in [0.25, 0.3) is 10.9 Å². The molecule has 2 rings (SSSR count). The first kappa shape index (κ1) is 12.3. The number of carbonyl (C=O) groups excluding carboxylic acids is 1. The maximum absolute atomic E-state index is 11.4. The summed E-state index contributed by atoms with van der Waals surface area (Å²) in [6.07, 6.45) is 1.70. The van der Waals surface area contributed by atoms with Gasteiger partial charge >= 0.3 is 5.97 Å². The van der Waals surface area contributed by atoms with Gasteiger partial charge in [0.15, 0.2) is 5.82 Å². The Morgan fingerprint density at radius 1 is 1.39 bits per heavy atom. The minimum Gasteiger partial charge on any atom is -0.478 e. The van der Waals surface area contributed by atoms with E-state index in [1.54, 1.807) is 6.07 Å². The van der Waals surface area contributed by atoms with E-state index in [0.717, 1.165) is 27.5 Å². The van der Waals surface area contributed by atoms with Crippen molar-refractivity contribution in [3.8, 4) is 0 Å². The van der Waals surface area contributed by atoms with E-state index in [4.69, 9.17) is 5.11 Å². The number of aliphatic carboxylic acids is 1. The van der Waals surface area contributed by atoms with Crippen LogP contribution in [0.15, 0.2) is 34.8 Å². The number of amides is 1. The summed E-state index contributed by atoms with van der Waals surface area (Å²) in [5.41, 5.74) is 0.774. The fourth-order valence-electron chi connectivity index (χ4n) is 1.39. The Bertz CT molecular complexity index is 648. The van der Waals surface area contributed by atoms with Crippen molar-refractivity contribution >= 4 is 44.5 Å². The van der Waals surface area contributed by atoms with Gasteiger partial charge in [0.1, 0.15) is 0 Å². The molecule has 18 heavy (non-hydrogen) atoms. The predicted octanol–water partition coefficient (Wildman–Crippen LogP) is 1.90. The summed E-state index contributed by atoms with van der Waals surface area (Å²) in [5.74, 6) is -1.38. The molecule has 1 heterocycles. The zero-order valence-corrected chi connectivity index (χ0v) is 10.6. The normalized spacial score (nSPS) is 10.9. The predicted molar refractivity (Wildman–Crippen MR) is 69.2 cm³/mol. The summed E-state index contributed by atoms with van der Waals surface area (Å²) < 4.78 is 0.855. The van der Waals surface area contributed by atoms with Crippen molar-refractivity contribution in [1.82, 2.24) is 10.2 Å². The number of halogens is 1. The van der Waals surface area contributed by atoms with Gasteiger partial charge < -0.3 is 10.4 Å². The van der Waals surface area contributed by atoms with Crippen molar-refractivity contribution in [3.05, 3.63) is 34.8 Å². The highest BCUT2D eigenvalue weighted by molar-refractivity contribution is 9.10. The Kier molecular flexibility index (Phi) is 3.42. The topological polar surface area (TPSA) is 95.1 Å². The Hall–Kier alpha value is -2.15. The Labute approximate surface area is 110 Å². The van der Waals surface area contributed by atoms with Crippen molar-refractivity contribution in [2.24, 2.45) is 0 Å². The molecular formula is C11H8BrN3O3. The van der Waals surface area contributed by atoms with Crippen molar-refractivity contribution < 1.29 is 14.7 Å². The van der Waals surface area contributed by atoms with E-state index in [-0.39, 0.29) is 0 Å². The van der Waals surface area contributed by atoms with Crippen LogP contribution >= 0.6 is 15.9 Å². The summed E-state index contributed by atoms with van der Waals surface area (Å²) in [4.78, 5) is 21.7. The highest BCUT2D eigenvalue weighted by Gasteiger charge is 2.08. The first-order chi connectivity index (χ1) is 8.56. The molecule has 0 unspecified atom stereocenters. The molecule has 0 bridgehead atoms. The minimum absolute atomic E-state index is 0.353. The molecule has 1 amide bonds. The molecule has 0 aliphatic heterocycles. The summed E-state index contributed by atoms with van der Waals surface area (Å²) in [6, 6.07) is 5.46. The zero-order chi connectivity index (χ0) is 13.1. The highest BCUT2D eigenvalue weighted by atomic mass is 79.9. The van der Waals surface area contributed by atoms with Gasteiger partial charge in [-0.05, 0) is 18.2 Å². The smallest absolute Gasteiger partial charge is 0.328 e. The molecule has 2 aromatic rings. The average Bonchev–Trinajstić information content (AvgIpc) is 2.69. The number of carbonyl (C=O) groups is 2. The minimum atomic E-state index is -1.18. The van der Waals surface area contributed by atoms with Gasteiger partial charge in [0.25, 0.3) is 0 Å². The van der Waals surface area contributed by atoms with E-state index >= 15 is 0 Å². The molecule has 0 saturated heterocycles. The number of nitrogens with zero attached hydrogens (tertiary/aromatic N) is 1. The fourth-order valence-corrected chi connectivity index (χ4v) is 1.75. The van der Waals surface area contributed by atoms with Crippen LogP contribution in [0, 0.1) is 0 Å². The number of benzene rings is 1. The van der Waals surface area contributed by atoms with Gasteiger partial charge in [-0.3, -0.25) is 9.89 Å². The lowest BCUT2D eigenvalue weighted by Gasteiger charge is -1.98. The van der Waals surface area contributed by atoms with Crippen molar-refractivity contribution in [3.63, 3.8) is 0 Å². The monoisotopic (exact) mass is 309 g/mol. The van der Waals surface area contributed by atoms with Gasteiger partial charge in [-0.2, -0.15) is 5.10 Å². The van der Waals surface area contributed by atoms with E-state index in [0.29, 0.717) is 5.82 Å². The second-order valence-electron chi connectivity index (χ2n) is 3.42. The largest absolute Gasteiger partial charge is 0.478 e. The number of hydrogen-bond donors (Lipinski definition) is 3. The van der Waals surface area contributed by atoms with Crippen LogP contribution in [-0.4, -0.2) is 27.2 Å². The van der Waals surface area contributed by atoms with Gasteiger partial charge in [-0.1, -0.05) is 15.9 Å². The van der Waals surface area contributed by atoms with Gasteiger partial charge in [-0.15, -0.1) is 0 Å². The molecular weight excluding hydrogens is 302 g/mol. The second kappa shape index (κ2) is 5.01. The molecule has 92 valence electrons. The Morgan fingerprint density at radius 2 is 2.17 bits per heavy atom. The number of carboxylic acids is 1. The number of fused-ring (bicyclic) bond motifs is 1. The summed E-state index contributed by atoms with van der Waals surface area (Å²) >= 11 is 3.32. The third kappa shape index (κ3) is 2.75. The molecule has 0 atom stereocenters. The molecule has 0 saturated carbocycles. The maximum atomic E-state index is 11.4. The molecule has 0 spiro atoms. The number of aromatic amines is 1. The second-order valence-corrected chi connectivity index (χ2v) is 4.34. The zero-order valence-electron chi connectivity index (χ0n) is 8.98. The molecule has 7 heteroatoms. The number of nitrogens with one attached hydrogen (secondary N) is 2. The van der Waals surface area contributed by atoms with Crippen molar-refractivity contribution in [2.75, 3.05) is 5.32 Å². The van der Waals surface area contributed by atoms with Crippen LogP contribution in [0.2, 0.25) is 0 Å². The maximum Gasteiger partial charge on any atom is 0.328 e. The quantitative estimate of drug-likeness (QED) is 0.755. The number of aromatic nitrogens is 2. The van der Waals surface area contributed by atoms with E-state index in [2.05, 4.69) is 31.4 Å². The number of hydrogen-bond acceptors (Lipinski definition) is 3. The lowest BCUT2D eigenvalue weighted by molar-refractivity contribution is -0.131. The standard InChI is InChI=1S/C11H8BrN3O3/c12-6-1-2-8-7(5-6)11(15-14-8)13-9(16)3-4-10(17)18/h1-5H,(H,17,18)(H2,13,14,15,16)/b4-3-. The SMILES string of the molecule is O=C(O)/C=C\C(=O)Nc1n[nH]c2ccc(Br)cc12. The third-order valence-corrected chi connectivity index (χ3v) is 2.64. The van der Waals surface area contributed by atoms with Gasteiger partial charge in [-0.25, -0.2) is 4.79 Å². The van der Waals surface area contributed by atoms with Crippen LogP contribution in [0.3, 0.4) is 0 Å². The number of anilines is 1. The van der Waals surface area contributed by atoms with Crippen LogP contribution < -0.4 is 5.32 Å². The van der Waals surface area contributed by atoms with Crippen molar-refractivity contribution in [1.29, 1.82) is 0 Å². The molecule has 0 aliphatic carbocycles. The highest BCUT2D eigenvalue weighted by Crippen LogP contribution is 2.24. The first-order valence-corrected chi connectivity index (χ1v) is 5.71. The molecule has 1 aromatic carbocycles. The van der Waals surface area contributed by atoms with Gasteiger partial charge in [0.2, 0.25) is 5.91 Å². The third-order valence-electron chi connectivity index (χ3n) is 2.14. The van der Waals surface area contributed by atoms with Crippen LogP contribution in [0.1, 0.15) is 0 Å². The van der Waals surface area contributed by atoms with Crippen LogP contribution in [0.5, 0.6) is 0 Å².